The Bertz CT molecular complexity index is 396. The van der Waals surface area contributed by atoms with Gasteiger partial charge in [-0.2, -0.15) is 0 Å². The molecule has 2 nitrogen and oxygen atoms in total. The van der Waals surface area contributed by atoms with E-state index < -0.39 is 23.3 Å². The molecule has 0 aromatic heterocycles. The van der Waals surface area contributed by atoms with Crippen LogP contribution in [0, 0.1) is 11.6 Å². The van der Waals surface area contributed by atoms with E-state index in [1.54, 1.807) is 0 Å². The van der Waals surface area contributed by atoms with Crippen LogP contribution in [0.5, 0.6) is 0 Å². The Labute approximate surface area is 114 Å². The minimum absolute atomic E-state index is 0.234. The third-order valence-electron chi connectivity index (χ3n) is 3.75. The van der Waals surface area contributed by atoms with Crippen molar-refractivity contribution in [1.29, 1.82) is 0 Å². The third-order valence-corrected chi connectivity index (χ3v) is 3.75. The Morgan fingerprint density at radius 3 is 2.00 bits per heavy atom. The van der Waals surface area contributed by atoms with Gasteiger partial charge in [0.15, 0.2) is 0 Å². The summed E-state index contributed by atoms with van der Waals surface area (Å²) >= 11 is 0. The highest BCUT2D eigenvalue weighted by Crippen LogP contribution is 2.22. The van der Waals surface area contributed by atoms with Crippen LogP contribution in [-0.4, -0.2) is 34.7 Å². The van der Waals surface area contributed by atoms with Crippen LogP contribution >= 0.6 is 0 Å². The van der Waals surface area contributed by atoms with E-state index in [1.807, 2.05) is 27.7 Å². The smallest absolute Gasteiger partial charge is 0.126 e. The van der Waals surface area contributed by atoms with Crippen LogP contribution in [-0.2, 0) is 6.42 Å². The second kappa shape index (κ2) is 6.44. The summed E-state index contributed by atoms with van der Waals surface area (Å²) in [5.74, 6) is -1.22. The minimum atomic E-state index is -0.686. The number of likely N-dealkylation sites (N-methyl/N-ethyl adjacent to an activating group) is 1. The molecule has 1 rings (SSSR count). The predicted octanol–water partition coefficient (Wildman–Crippen LogP) is 2.99. The Morgan fingerprint density at radius 2 is 1.58 bits per heavy atom. The highest BCUT2D eigenvalue weighted by molar-refractivity contribution is 5.19. The van der Waals surface area contributed by atoms with E-state index in [9.17, 15) is 13.9 Å². The Kier molecular flexibility index (Phi) is 5.44. The molecule has 0 radical (unpaired) electrons. The molecular weight excluding hydrogens is 248 g/mol. The van der Waals surface area contributed by atoms with Crippen molar-refractivity contribution in [3.8, 4) is 0 Å². The van der Waals surface area contributed by atoms with Gasteiger partial charge >= 0.3 is 0 Å². The molecule has 0 amide bonds. The van der Waals surface area contributed by atoms with Gasteiger partial charge in [0.1, 0.15) is 11.6 Å². The summed E-state index contributed by atoms with van der Waals surface area (Å²) in [6.45, 7) is 9.58. The maximum atomic E-state index is 13.1. The molecule has 1 unspecified atom stereocenters. The molecule has 0 aliphatic heterocycles. The molecule has 0 aliphatic rings. The standard InChI is InChI=1S/C15H23F2NO/c1-5-18(6-2)15(3,4)14(19)9-11-7-12(16)10-13(17)8-11/h7-8,10,14,19H,5-6,9H2,1-4H3. The predicted molar refractivity (Wildman–Crippen MR) is 73.1 cm³/mol. The number of aliphatic hydroxyl groups excluding tert-OH is 1. The Morgan fingerprint density at radius 1 is 1.11 bits per heavy atom. The quantitative estimate of drug-likeness (QED) is 0.860. The van der Waals surface area contributed by atoms with Gasteiger partial charge in [-0.05, 0) is 44.6 Å². The first kappa shape index (κ1) is 16.1. The van der Waals surface area contributed by atoms with Crippen molar-refractivity contribution in [1.82, 2.24) is 4.90 Å². The van der Waals surface area contributed by atoms with Crippen molar-refractivity contribution < 1.29 is 13.9 Å². The van der Waals surface area contributed by atoms with Gasteiger partial charge in [-0.3, -0.25) is 4.90 Å². The van der Waals surface area contributed by atoms with Crippen LogP contribution in [0.1, 0.15) is 33.3 Å². The van der Waals surface area contributed by atoms with Crippen LogP contribution in [0.15, 0.2) is 18.2 Å². The van der Waals surface area contributed by atoms with Crippen molar-refractivity contribution in [3.63, 3.8) is 0 Å². The van der Waals surface area contributed by atoms with Crippen molar-refractivity contribution in [2.24, 2.45) is 0 Å². The fourth-order valence-corrected chi connectivity index (χ4v) is 2.45. The molecule has 0 bridgehead atoms. The summed E-state index contributed by atoms with van der Waals surface area (Å²) < 4.78 is 26.3. The summed E-state index contributed by atoms with van der Waals surface area (Å²) in [5, 5.41) is 10.4. The first-order valence-electron chi connectivity index (χ1n) is 6.69. The second-order valence-corrected chi connectivity index (χ2v) is 5.32. The van der Waals surface area contributed by atoms with Gasteiger partial charge in [-0.1, -0.05) is 13.8 Å². The molecule has 19 heavy (non-hydrogen) atoms. The molecule has 0 heterocycles. The van der Waals surface area contributed by atoms with E-state index in [2.05, 4.69) is 4.90 Å². The minimum Gasteiger partial charge on any atom is -0.391 e. The van der Waals surface area contributed by atoms with E-state index in [1.165, 1.54) is 12.1 Å². The van der Waals surface area contributed by atoms with Crippen LogP contribution < -0.4 is 0 Å². The average Bonchev–Trinajstić information content (AvgIpc) is 2.28. The van der Waals surface area contributed by atoms with E-state index >= 15 is 0 Å². The number of nitrogens with zero attached hydrogens (tertiary/aromatic N) is 1. The molecule has 1 aromatic carbocycles. The zero-order chi connectivity index (χ0) is 14.6. The van der Waals surface area contributed by atoms with Crippen molar-refractivity contribution in [3.05, 3.63) is 35.4 Å². The average molecular weight is 271 g/mol. The summed E-state index contributed by atoms with van der Waals surface area (Å²) in [6.07, 6.45) is -0.452. The lowest BCUT2D eigenvalue weighted by Crippen LogP contribution is -2.53. The molecule has 0 saturated carbocycles. The van der Waals surface area contributed by atoms with Gasteiger partial charge in [0.2, 0.25) is 0 Å². The lowest BCUT2D eigenvalue weighted by Gasteiger charge is -2.41. The highest BCUT2D eigenvalue weighted by atomic mass is 19.1. The Hall–Kier alpha value is -1.00. The molecule has 108 valence electrons. The molecule has 1 aromatic rings. The molecule has 0 spiro atoms. The van der Waals surface area contributed by atoms with Gasteiger partial charge in [-0.15, -0.1) is 0 Å². The number of rotatable bonds is 6. The maximum absolute atomic E-state index is 13.1. The molecule has 0 saturated heterocycles. The topological polar surface area (TPSA) is 23.5 Å². The Balaban J connectivity index is 2.86. The number of benzene rings is 1. The van der Waals surface area contributed by atoms with Gasteiger partial charge in [0.05, 0.1) is 6.10 Å². The zero-order valence-electron chi connectivity index (χ0n) is 12.1. The monoisotopic (exact) mass is 271 g/mol. The highest BCUT2D eigenvalue weighted by Gasteiger charge is 2.32. The van der Waals surface area contributed by atoms with Crippen LogP contribution in [0.2, 0.25) is 0 Å². The molecular formula is C15H23F2NO. The molecule has 1 atom stereocenters. The van der Waals surface area contributed by atoms with Gasteiger partial charge in [-0.25, -0.2) is 8.78 Å². The fraction of sp³-hybridized carbons (Fsp3) is 0.600. The number of hydrogen-bond acceptors (Lipinski definition) is 2. The maximum Gasteiger partial charge on any atom is 0.126 e. The molecule has 0 fully saturated rings. The summed E-state index contributed by atoms with van der Waals surface area (Å²) in [6, 6.07) is 3.38. The van der Waals surface area contributed by atoms with E-state index in [-0.39, 0.29) is 6.42 Å². The third kappa shape index (κ3) is 3.98. The second-order valence-electron chi connectivity index (χ2n) is 5.32. The molecule has 4 heteroatoms. The van der Waals surface area contributed by atoms with Crippen molar-refractivity contribution >= 4 is 0 Å². The van der Waals surface area contributed by atoms with Crippen molar-refractivity contribution in [2.75, 3.05) is 13.1 Å². The normalized spacial score (nSPS) is 13.9. The van der Waals surface area contributed by atoms with E-state index in [4.69, 9.17) is 0 Å². The van der Waals surface area contributed by atoms with Crippen molar-refractivity contribution in [2.45, 2.75) is 45.8 Å². The van der Waals surface area contributed by atoms with Gasteiger partial charge in [0.25, 0.3) is 0 Å². The lowest BCUT2D eigenvalue weighted by atomic mass is 9.90. The summed E-state index contributed by atoms with van der Waals surface area (Å²) in [4.78, 5) is 2.13. The zero-order valence-corrected chi connectivity index (χ0v) is 12.1. The van der Waals surface area contributed by atoms with Gasteiger partial charge < -0.3 is 5.11 Å². The van der Waals surface area contributed by atoms with E-state index in [0.29, 0.717) is 5.56 Å². The fourth-order valence-electron chi connectivity index (χ4n) is 2.45. The van der Waals surface area contributed by atoms with Crippen LogP contribution in [0.4, 0.5) is 8.78 Å². The number of hydrogen-bond donors (Lipinski definition) is 1. The lowest BCUT2D eigenvalue weighted by molar-refractivity contribution is -0.00421. The van der Waals surface area contributed by atoms with Crippen LogP contribution in [0.25, 0.3) is 0 Å². The summed E-state index contributed by atoms with van der Waals surface area (Å²) in [5.41, 5.74) is 0.0389. The first-order chi connectivity index (χ1) is 8.81. The van der Waals surface area contributed by atoms with E-state index in [0.717, 1.165) is 19.2 Å². The summed E-state index contributed by atoms with van der Waals surface area (Å²) in [7, 11) is 0. The first-order valence-corrected chi connectivity index (χ1v) is 6.69. The number of aliphatic hydroxyl groups is 1. The molecule has 1 N–H and O–H groups in total. The largest absolute Gasteiger partial charge is 0.391 e. The SMILES string of the molecule is CCN(CC)C(C)(C)C(O)Cc1cc(F)cc(F)c1. The molecule has 0 aliphatic carbocycles. The number of halogens is 2. The van der Waals surface area contributed by atoms with Gasteiger partial charge in [0, 0.05) is 18.0 Å². The van der Waals surface area contributed by atoms with Crippen LogP contribution in [0.3, 0.4) is 0 Å².